The highest BCUT2D eigenvalue weighted by Gasteiger charge is 2.14. The summed E-state index contributed by atoms with van der Waals surface area (Å²) < 4.78 is 6.64. The van der Waals surface area contributed by atoms with E-state index >= 15 is 0 Å². The van der Waals surface area contributed by atoms with Crippen molar-refractivity contribution >= 4 is 11.3 Å². The van der Waals surface area contributed by atoms with Crippen LogP contribution in [0.2, 0.25) is 0 Å². The van der Waals surface area contributed by atoms with E-state index in [2.05, 4.69) is 10.1 Å². The van der Waals surface area contributed by atoms with Crippen molar-refractivity contribution in [3.63, 3.8) is 0 Å². The summed E-state index contributed by atoms with van der Waals surface area (Å²) in [5.74, 6) is 0.473. The fourth-order valence-corrected chi connectivity index (χ4v) is 2.08. The molecule has 0 bridgehead atoms. The highest BCUT2D eigenvalue weighted by molar-refractivity contribution is 5.66. The molecule has 0 N–H and O–H groups in total. The molecule has 0 aliphatic carbocycles. The van der Waals surface area contributed by atoms with Crippen molar-refractivity contribution in [2.75, 3.05) is 7.11 Å². The number of imidazole rings is 1. The number of benzene rings is 1. The van der Waals surface area contributed by atoms with Crippen LogP contribution >= 0.6 is 0 Å². The smallest absolute Gasteiger partial charge is 0.272 e. The molecule has 0 atom stereocenters. The molecule has 0 unspecified atom stereocenters. The molecule has 0 amide bonds. The lowest BCUT2D eigenvalue weighted by Crippen LogP contribution is -1.93. The van der Waals surface area contributed by atoms with Crippen LogP contribution in [0.15, 0.2) is 36.5 Å². The number of rotatable bonds is 3. The molecule has 3 rings (SSSR count). The first-order valence-corrected chi connectivity index (χ1v) is 6.24. The van der Waals surface area contributed by atoms with Crippen molar-refractivity contribution in [1.29, 1.82) is 0 Å². The normalized spacial score (nSPS) is 10.8. The van der Waals surface area contributed by atoms with Crippen molar-refractivity contribution in [3.8, 4) is 17.1 Å². The second-order valence-electron chi connectivity index (χ2n) is 4.56. The molecule has 0 spiro atoms. The van der Waals surface area contributed by atoms with Crippen molar-refractivity contribution in [2.45, 2.75) is 6.92 Å². The molecule has 0 aliphatic rings. The van der Waals surface area contributed by atoms with E-state index in [4.69, 9.17) is 4.74 Å². The minimum Gasteiger partial charge on any atom is -0.480 e. The summed E-state index contributed by atoms with van der Waals surface area (Å²) >= 11 is 0. The molecule has 0 saturated carbocycles. The number of nitro groups is 1. The van der Waals surface area contributed by atoms with E-state index in [9.17, 15) is 10.1 Å². The summed E-state index contributed by atoms with van der Waals surface area (Å²) in [6.45, 7) is 1.71. The molecule has 0 fully saturated rings. The van der Waals surface area contributed by atoms with Gasteiger partial charge in [-0.2, -0.15) is 0 Å². The Morgan fingerprint density at radius 1 is 1.29 bits per heavy atom. The first kappa shape index (κ1) is 13.0. The quantitative estimate of drug-likeness (QED) is 0.545. The van der Waals surface area contributed by atoms with Gasteiger partial charge in [-0.05, 0) is 13.0 Å². The van der Waals surface area contributed by atoms with Gasteiger partial charge < -0.3 is 4.74 Å². The van der Waals surface area contributed by atoms with Gasteiger partial charge in [-0.3, -0.25) is 10.1 Å². The Morgan fingerprint density at radius 2 is 2.10 bits per heavy atom. The van der Waals surface area contributed by atoms with Crippen LogP contribution < -0.4 is 4.74 Å². The second kappa shape index (κ2) is 4.86. The molecular formula is C14H12N4O3. The van der Waals surface area contributed by atoms with Gasteiger partial charge in [0, 0.05) is 23.3 Å². The monoisotopic (exact) mass is 284 g/mol. The lowest BCUT2D eigenvalue weighted by molar-refractivity contribution is -0.385. The van der Waals surface area contributed by atoms with Gasteiger partial charge in [0.2, 0.25) is 5.88 Å². The fraction of sp³-hybridized carbons (Fsp3) is 0.143. The van der Waals surface area contributed by atoms with E-state index in [-0.39, 0.29) is 5.69 Å². The van der Waals surface area contributed by atoms with Crippen molar-refractivity contribution < 1.29 is 9.66 Å². The van der Waals surface area contributed by atoms with Gasteiger partial charge in [0.25, 0.3) is 5.69 Å². The number of ether oxygens (including phenoxy) is 1. The molecule has 0 radical (unpaired) electrons. The molecule has 1 aromatic carbocycles. The van der Waals surface area contributed by atoms with Gasteiger partial charge in [0.15, 0.2) is 5.65 Å². The standard InChI is InChI=1S/C14H12N4O3/c1-9-3-4-10(7-12(9)18(19)20)11-8-17-13(15-11)5-6-14(16-17)21-2/h3-8H,1-2H3. The van der Waals surface area contributed by atoms with Crippen molar-refractivity contribution in [1.82, 2.24) is 14.6 Å². The Kier molecular flexibility index (Phi) is 3.02. The minimum atomic E-state index is -0.393. The molecular weight excluding hydrogens is 272 g/mol. The third-order valence-electron chi connectivity index (χ3n) is 3.21. The van der Waals surface area contributed by atoms with E-state index < -0.39 is 4.92 Å². The van der Waals surface area contributed by atoms with Gasteiger partial charge in [-0.15, -0.1) is 5.10 Å². The zero-order valence-electron chi connectivity index (χ0n) is 11.5. The van der Waals surface area contributed by atoms with Crippen molar-refractivity contribution in [2.24, 2.45) is 0 Å². The third-order valence-corrected chi connectivity index (χ3v) is 3.21. The fourth-order valence-electron chi connectivity index (χ4n) is 2.08. The highest BCUT2D eigenvalue weighted by Crippen LogP contribution is 2.26. The number of fused-ring (bicyclic) bond motifs is 1. The molecule has 3 aromatic rings. The lowest BCUT2D eigenvalue weighted by Gasteiger charge is -1.99. The van der Waals surface area contributed by atoms with Gasteiger partial charge in [0.05, 0.1) is 23.9 Å². The topological polar surface area (TPSA) is 82.6 Å². The molecule has 2 aromatic heterocycles. The molecule has 7 nitrogen and oxygen atoms in total. The number of methoxy groups -OCH3 is 1. The van der Waals surface area contributed by atoms with Crippen LogP contribution in [0.5, 0.6) is 5.88 Å². The first-order chi connectivity index (χ1) is 10.1. The summed E-state index contributed by atoms with van der Waals surface area (Å²) in [5, 5.41) is 15.2. The minimum absolute atomic E-state index is 0.0788. The van der Waals surface area contributed by atoms with Crippen LogP contribution in [0.25, 0.3) is 16.9 Å². The summed E-state index contributed by atoms with van der Waals surface area (Å²) in [6.07, 6.45) is 1.71. The Labute approximate surface area is 120 Å². The van der Waals surface area contributed by atoms with E-state index in [0.717, 1.165) is 0 Å². The molecule has 7 heteroatoms. The third kappa shape index (κ3) is 2.29. The van der Waals surface area contributed by atoms with Gasteiger partial charge in [-0.1, -0.05) is 12.1 Å². The average Bonchev–Trinajstić information content (AvgIpc) is 2.90. The number of aryl methyl sites for hydroxylation is 1. The van der Waals surface area contributed by atoms with Crippen LogP contribution in [0.4, 0.5) is 5.69 Å². The van der Waals surface area contributed by atoms with Gasteiger partial charge >= 0.3 is 0 Å². The summed E-state index contributed by atoms with van der Waals surface area (Å²) in [4.78, 5) is 15.0. The van der Waals surface area contributed by atoms with Gasteiger partial charge in [0.1, 0.15) is 0 Å². The summed E-state index contributed by atoms with van der Waals surface area (Å²) in [7, 11) is 1.54. The van der Waals surface area contributed by atoms with Crippen LogP contribution in [-0.4, -0.2) is 26.6 Å². The number of nitro benzene ring substituents is 1. The first-order valence-electron chi connectivity index (χ1n) is 6.24. The lowest BCUT2D eigenvalue weighted by atomic mass is 10.1. The van der Waals surface area contributed by atoms with E-state index in [1.807, 2.05) is 0 Å². The molecule has 21 heavy (non-hydrogen) atoms. The Balaban J connectivity index is 2.12. The number of aromatic nitrogens is 3. The van der Waals surface area contributed by atoms with Gasteiger partial charge in [-0.25, -0.2) is 9.50 Å². The summed E-state index contributed by atoms with van der Waals surface area (Å²) in [5.41, 5.74) is 2.65. The average molecular weight is 284 g/mol. The Bertz CT molecular complexity index is 841. The molecule has 2 heterocycles. The van der Waals surface area contributed by atoms with Crippen molar-refractivity contribution in [3.05, 3.63) is 52.2 Å². The highest BCUT2D eigenvalue weighted by atomic mass is 16.6. The number of hydrogen-bond acceptors (Lipinski definition) is 5. The van der Waals surface area contributed by atoms with E-state index in [0.29, 0.717) is 28.3 Å². The molecule has 0 aliphatic heterocycles. The zero-order valence-corrected chi connectivity index (χ0v) is 11.5. The summed E-state index contributed by atoms with van der Waals surface area (Å²) in [6, 6.07) is 8.53. The van der Waals surface area contributed by atoms with Crippen LogP contribution in [0, 0.1) is 17.0 Å². The van der Waals surface area contributed by atoms with E-state index in [1.165, 1.54) is 13.2 Å². The number of nitrogens with zero attached hydrogens (tertiary/aromatic N) is 4. The largest absolute Gasteiger partial charge is 0.480 e. The maximum Gasteiger partial charge on any atom is 0.272 e. The van der Waals surface area contributed by atoms with Crippen LogP contribution in [-0.2, 0) is 0 Å². The number of hydrogen-bond donors (Lipinski definition) is 0. The Hall–Kier alpha value is -2.96. The maximum atomic E-state index is 11.0. The SMILES string of the molecule is COc1ccc2nc(-c3ccc(C)c([N+](=O)[O-])c3)cn2n1. The maximum absolute atomic E-state index is 11.0. The van der Waals surface area contributed by atoms with E-state index in [1.54, 1.807) is 41.9 Å². The second-order valence-corrected chi connectivity index (χ2v) is 4.56. The zero-order chi connectivity index (χ0) is 15.0. The van der Waals surface area contributed by atoms with Crippen LogP contribution in [0.3, 0.4) is 0 Å². The molecule has 106 valence electrons. The van der Waals surface area contributed by atoms with Crippen LogP contribution in [0.1, 0.15) is 5.56 Å². The Morgan fingerprint density at radius 3 is 2.81 bits per heavy atom. The predicted molar refractivity (Wildman–Crippen MR) is 76.4 cm³/mol. The predicted octanol–water partition coefficient (Wildman–Crippen LogP) is 2.62. The molecule has 0 saturated heterocycles.